The fourth-order valence-electron chi connectivity index (χ4n) is 2.14. The zero-order chi connectivity index (χ0) is 14.7. The molecule has 0 bridgehead atoms. The molecule has 0 aliphatic heterocycles. The monoisotopic (exact) mass is 337 g/mol. The molecule has 0 radical (unpaired) electrons. The summed E-state index contributed by atoms with van der Waals surface area (Å²) in [6.07, 6.45) is 2.67. The molecule has 0 fully saturated rings. The van der Waals surface area contributed by atoms with Gasteiger partial charge in [0.25, 0.3) is 5.69 Å². The van der Waals surface area contributed by atoms with Crippen LogP contribution in [0.4, 0.5) is 5.69 Å². The maximum atomic E-state index is 11.1. The molecular formula is C14H16BrN3O2. The first-order chi connectivity index (χ1) is 9.47. The Kier molecular flexibility index (Phi) is 4.57. The zero-order valence-electron chi connectivity index (χ0n) is 11.1. The molecule has 1 unspecified atom stereocenters. The van der Waals surface area contributed by atoms with E-state index >= 15 is 0 Å². The summed E-state index contributed by atoms with van der Waals surface area (Å²) in [5.41, 5.74) is 7.70. The molecule has 20 heavy (non-hydrogen) atoms. The highest BCUT2D eigenvalue weighted by atomic mass is 79.9. The molecule has 1 aromatic carbocycles. The van der Waals surface area contributed by atoms with Crippen LogP contribution in [0.1, 0.15) is 18.2 Å². The summed E-state index contributed by atoms with van der Waals surface area (Å²) in [7, 11) is 0. The molecule has 0 amide bonds. The predicted molar refractivity (Wildman–Crippen MR) is 81.7 cm³/mol. The first kappa shape index (κ1) is 14.7. The topological polar surface area (TPSA) is 74.1 Å². The van der Waals surface area contributed by atoms with Crippen LogP contribution in [0.5, 0.6) is 0 Å². The largest absolute Gasteiger partial charge is 0.347 e. The van der Waals surface area contributed by atoms with Crippen LogP contribution in [0.2, 0.25) is 0 Å². The molecule has 2 rings (SSSR count). The van der Waals surface area contributed by atoms with E-state index in [4.69, 9.17) is 5.73 Å². The molecule has 2 N–H and O–H groups in total. The van der Waals surface area contributed by atoms with E-state index in [0.29, 0.717) is 16.6 Å². The van der Waals surface area contributed by atoms with Crippen LogP contribution < -0.4 is 5.73 Å². The number of rotatable bonds is 5. The van der Waals surface area contributed by atoms with Gasteiger partial charge in [0.05, 0.1) is 11.5 Å². The van der Waals surface area contributed by atoms with E-state index in [1.807, 2.05) is 35.9 Å². The van der Waals surface area contributed by atoms with Crippen LogP contribution in [0.25, 0.3) is 0 Å². The number of nitro groups is 1. The van der Waals surface area contributed by atoms with Gasteiger partial charge in [-0.3, -0.25) is 10.1 Å². The van der Waals surface area contributed by atoms with Gasteiger partial charge in [-0.2, -0.15) is 0 Å². The standard InChI is InChI=1S/C14H16BrN3O2/c1-10(16)7-13-3-2-6-17(13)9-11-4-5-12(15)8-14(11)18(19)20/h2-6,8,10H,7,9,16H2,1H3. The lowest BCUT2D eigenvalue weighted by Crippen LogP contribution is -2.20. The highest BCUT2D eigenvalue weighted by Crippen LogP contribution is 2.25. The van der Waals surface area contributed by atoms with Crippen molar-refractivity contribution in [2.75, 3.05) is 0 Å². The molecule has 1 aromatic heterocycles. The van der Waals surface area contributed by atoms with E-state index in [9.17, 15) is 10.1 Å². The number of nitrogens with two attached hydrogens (primary N) is 1. The van der Waals surface area contributed by atoms with Crippen molar-refractivity contribution in [3.05, 3.63) is 62.4 Å². The average molecular weight is 338 g/mol. The molecule has 0 saturated carbocycles. The summed E-state index contributed by atoms with van der Waals surface area (Å²) in [4.78, 5) is 10.8. The summed E-state index contributed by atoms with van der Waals surface area (Å²) in [6, 6.07) is 9.11. The fourth-order valence-corrected chi connectivity index (χ4v) is 2.49. The number of nitro benzene ring substituents is 1. The van der Waals surface area contributed by atoms with Gasteiger partial charge in [-0.05, 0) is 31.2 Å². The lowest BCUT2D eigenvalue weighted by Gasteiger charge is -2.11. The second kappa shape index (κ2) is 6.19. The molecule has 106 valence electrons. The maximum absolute atomic E-state index is 11.1. The Morgan fingerprint density at radius 1 is 1.45 bits per heavy atom. The highest BCUT2D eigenvalue weighted by molar-refractivity contribution is 9.10. The van der Waals surface area contributed by atoms with E-state index in [1.54, 1.807) is 6.07 Å². The van der Waals surface area contributed by atoms with Gasteiger partial charge >= 0.3 is 0 Å². The van der Waals surface area contributed by atoms with E-state index < -0.39 is 0 Å². The third kappa shape index (κ3) is 3.46. The molecule has 1 atom stereocenters. The van der Waals surface area contributed by atoms with Crippen LogP contribution in [0, 0.1) is 10.1 Å². The Bertz CT molecular complexity index is 623. The third-order valence-electron chi connectivity index (χ3n) is 3.04. The Hall–Kier alpha value is -1.66. The first-order valence-corrected chi connectivity index (χ1v) is 7.09. The Balaban J connectivity index is 2.31. The van der Waals surface area contributed by atoms with Gasteiger partial charge in [0.1, 0.15) is 0 Å². The van der Waals surface area contributed by atoms with Gasteiger partial charge in [0, 0.05) is 40.5 Å². The molecule has 0 spiro atoms. The SMILES string of the molecule is CC(N)Cc1cccn1Cc1ccc(Br)cc1[N+](=O)[O-]. The number of hydrogen-bond donors (Lipinski definition) is 1. The van der Waals surface area contributed by atoms with Gasteiger partial charge in [0.2, 0.25) is 0 Å². The molecule has 5 nitrogen and oxygen atoms in total. The lowest BCUT2D eigenvalue weighted by molar-refractivity contribution is -0.385. The van der Waals surface area contributed by atoms with E-state index in [2.05, 4.69) is 15.9 Å². The second-order valence-electron chi connectivity index (χ2n) is 4.84. The van der Waals surface area contributed by atoms with E-state index in [-0.39, 0.29) is 16.7 Å². The minimum atomic E-state index is -0.352. The van der Waals surface area contributed by atoms with Crippen molar-refractivity contribution in [1.82, 2.24) is 4.57 Å². The van der Waals surface area contributed by atoms with Crippen molar-refractivity contribution < 1.29 is 4.92 Å². The summed E-state index contributed by atoms with van der Waals surface area (Å²) in [5.74, 6) is 0. The van der Waals surface area contributed by atoms with Gasteiger partial charge in [-0.25, -0.2) is 0 Å². The normalized spacial score (nSPS) is 12.3. The van der Waals surface area contributed by atoms with Gasteiger partial charge in [0.15, 0.2) is 0 Å². The molecule has 0 aliphatic carbocycles. The van der Waals surface area contributed by atoms with E-state index in [1.165, 1.54) is 6.07 Å². The highest BCUT2D eigenvalue weighted by Gasteiger charge is 2.15. The number of benzene rings is 1. The number of aromatic nitrogens is 1. The molecule has 0 saturated heterocycles. The quantitative estimate of drug-likeness (QED) is 0.672. The number of hydrogen-bond acceptors (Lipinski definition) is 3. The van der Waals surface area contributed by atoms with Crippen molar-refractivity contribution in [2.24, 2.45) is 5.73 Å². The van der Waals surface area contributed by atoms with Crippen LogP contribution in [-0.2, 0) is 13.0 Å². The summed E-state index contributed by atoms with van der Waals surface area (Å²) >= 11 is 3.26. The van der Waals surface area contributed by atoms with Crippen LogP contribution in [0.15, 0.2) is 41.0 Å². The molecule has 0 aliphatic rings. The Morgan fingerprint density at radius 2 is 2.20 bits per heavy atom. The van der Waals surface area contributed by atoms with Crippen LogP contribution >= 0.6 is 15.9 Å². The van der Waals surface area contributed by atoms with E-state index in [0.717, 1.165) is 12.1 Å². The van der Waals surface area contributed by atoms with Crippen LogP contribution in [0.3, 0.4) is 0 Å². The summed E-state index contributed by atoms with van der Waals surface area (Å²) < 4.78 is 2.70. The molecule has 1 heterocycles. The van der Waals surface area contributed by atoms with Gasteiger partial charge in [-0.1, -0.05) is 15.9 Å². The summed E-state index contributed by atoms with van der Waals surface area (Å²) in [5, 5.41) is 11.1. The molecule has 6 heteroatoms. The predicted octanol–water partition coefficient (Wildman–Crippen LogP) is 3.10. The van der Waals surface area contributed by atoms with Crippen LogP contribution in [-0.4, -0.2) is 15.5 Å². The van der Waals surface area contributed by atoms with Crippen molar-refractivity contribution in [3.8, 4) is 0 Å². The average Bonchev–Trinajstić information content (AvgIpc) is 2.78. The minimum absolute atomic E-state index is 0.0588. The second-order valence-corrected chi connectivity index (χ2v) is 5.75. The zero-order valence-corrected chi connectivity index (χ0v) is 12.7. The van der Waals surface area contributed by atoms with Crippen molar-refractivity contribution >= 4 is 21.6 Å². The minimum Gasteiger partial charge on any atom is -0.347 e. The Labute approximate surface area is 125 Å². The number of halogens is 1. The van der Waals surface area contributed by atoms with Crippen molar-refractivity contribution in [3.63, 3.8) is 0 Å². The smallest absolute Gasteiger partial charge is 0.275 e. The van der Waals surface area contributed by atoms with Crippen molar-refractivity contribution in [2.45, 2.75) is 25.9 Å². The van der Waals surface area contributed by atoms with Gasteiger partial charge < -0.3 is 10.3 Å². The first-order valence-electron chi connectivity index (χ1n) is 6.30. The fraction of sp³-hybridized carbons (Fsp3) is 0.286. The number of nitrogens with zero attached hydrogens (tertiary/aromatic N) is 2. The van der Waals surface area contributed by atoms with Gasteiger partial charge in [-0.15, -0.1) is 0 Å². The Morgan fingerprint density at radius 3 is 2.85 bits per heavy atom. The maximum Gasteiger partial charge on any atom is 0.275 e. The molecular weight excluding hydrogens is 322 g/mol. The summed E-state index contributed by atoms with van der Waals surface area (Å²) in [6.45, 7) is 2.41. The van der Waals surface area contributed by atoms with Crippen molar-refractivity contribution in [1.29, 1.82) is 0 Å². The molecule has 2 aromatic rings. The lowest BCUT2D eigenvalue weighted by atomic mass is 10.1. The third-order valence-corrected chi connectivity index (χ3v) is 3.53.